The molecule has 28 heavy (non-hydrogen) atoms. The van der Waals surface area contributed by atoms with E-state index in [9.17, 15) is 13.2 Å². The topological polar surface area (TPSA) is 76.1 Å². The molecule has 5 nitrogen and oxygen atoms in total. The Hall–Kier alpha value is -2.99. The second-order valence-corrected chi connectivity index (χ2v) is 8.58. The van der Waals surface area contributed by atoms with Crippen LogP contribution in [-0.2, 0) is 10.0 Å². The second kappa shape index (κ2) is 7.56. The van der Waals surface area contributed by atoms with Crippen molar-refractivity contribution in [2.45, 2.75) is 32.6 Å². The quantitative estimate of drug-likeness (QED) is 0.653. The number of nitrogens with zero attached hydrogens (tertiary/aromatic N) is 1. The van der Waals surface area contributed by atoms with Crippen LogP contribution in [-0.4, -0.2) is 19.2 Å². The van der Waals surface area contributed by atoms with E-state index < -0.39 is 10.0 Å². The number of anilines is 1. The molecule has 144 valence electrons. The third-order valence-electron chi connectivity index (χ3n) is 4.68. The monoisotopic (exact) mass is 394 g/mol. The van der Waals surface area contributed by atoms with Gasteiger partial charge in [0.05, 0.1) is 10.6 Å². The third-order valence-corrected chi connectivity index (χ3v) is 6.06. The first-order valence-electron chi connectivity index (χ1n) is 8.86. The lowest BCUT2D eigenvalue weighted by Gasteiger charge is -2.15. The van der Waals surface area contributed by atoms with Gasteiger partial charge >= 0.3 is 0 Å². The Morgan fingerprint density at radius 2 is 1.54 bits per heavy atom. The number of benzene rings is 2. The molecule has 0 fully saturated rings. The molecule has 0 saturated carbocycles. The number of carbonyl (C=O) groups is 1. The summed E-state index contributed by atoms with van der Waals surface area (Å²) in [6.45, 7) is 7.45. The molecule has 6 heteroatoms. The summed E-state index contributed by atoms with van der Waals surface area (Å²) in [6, 6.07) is 13.5. The summed E-state index contributed by atoms with van der Waals surface area (Å²) in [7, 11) is -3.83. The van der Waals surface area contributed by atoms with Crippen molar-refractivity contribution < 1.29 is 13.2 Å². The van der Waals surface area contributed by atoms with Gasteiger partial charge in [0.2, 0.25) is 5.78 Å². The first kappa shape index (κ1) is 19.8. The van der Waals surface area contributed by atoms with Crippen LogP contribution < -0.4 is 4.72 Å². The Kier molecular flexibility index (Phi) is 5.34. The van der Waals surface area contributed by atoms with Crippen LogP contribution in [0.4, 0.5) is 5.69 Å². The fourth-order valence-corrected chi connectivity index (χ4v) is 3.93. The van der Waals surface area contributed by atoms with Crippen molar-refractivity contribution in [2.24, 2.45) is 0 Å². The summed E-state index contributed by atoms with van der Waals surface area (Å²) >= 11 is 0. The van der Waals surface area contributed by atoms with Crippen molar-refractivity contribution in [3.8, 4) is 0 Å². The molecule has 0 saturated heterocycles. The van der Waals surface area contributed by atoms with Gasteiger partial charge in [-0.15, -0.1) is 0 Å². The van der Waals surface area contributed by atoms with Crippen LogP contribution in [0, 0.1) is 27.7 Å². The van der Waals surface area contributed by atoms with E-state index in [4.69, 9.17) is 0 Å². The molecular weight excluding hydrogens is 372 g/mol. The van der Waals surface area contributed by atoms with Gasteiger partial charge in [-0.3, -0.25) is 14.5 Å². The van der Waals surface area contributed by atoms with Crippen LogP contribution in [0.3, 0.4) is 0 Å². The summed E-state index contributed by atoms with van der Waals surface area (Å²) in [5.41, 5.74) is 4.32. The van der Waals surface area contributed by atoms with E-state index in [1.54, 1.807) is 61.7 Å². The Morgan fingerprint density at radius 3 is 2.18 bits per heavy atom. The molecule has 0 aliphatic heterocycles. The molecular formula is C22H22N2O3S. The van der Waals surface area contributed by atoms with E-state index in [0.29, 0.717) is 5.69 Å². The minimum Gasteiger partial charge on any atom is -0.287 e. The minimum absolute atomic E-state index is 0.142. The summed E-state index contributed by atoms with van der Waals surface area (Å²) in [5, 5.41) is 0. The highest BCUT2D eigenvalue weighted by Crippen LogP contribution is 2.27. The third kappa shape index (κ3) is 3.97. The van der Waals surface area contributed by atoms with Gasteiger partial charge in [-0.25, -0.2) is 8.42 Å². The SMILES string of the molecule is Cc1ccc(S(=O)(=O)Nc2cc(C)c(C)cc2C(=O)c2ncccc2C)cc1. The number of nitrogens with one attached hydrogen (secondary N) is 1. The summed E-state index contributed by atoms with van der Waals surface area (Å²) in [4.78, 5) is 17.4. The lowest BCUT2D eigenvalue weighted by Crippen LogP contribution is -2.17. The maximum atomic E-state index is 13.1. The van der Waals surface area contributed by atoms with Crippen molar-refractivity contribution in [3.05, 3.63) is 88.2 Å². The first-order valence-corrected chi connectivity index (χ1v) is 10.3. The number of sulfonamides is 1. The summed E-state index contributed by atoms with van der Waals surface area (Å²) in [6.07, 6.45) is 1.55. The van der Waals surface area contributed by atoms with Crippen molar-refractivity contribution in [2.75, 3.05) is 4.72 Å². The summed E-state index contributed by atoms with van der Waals surface area (Å²) < 4.78 is 28.3. The molecule has 0 unspecified atom stereocenters. The number of pyridine rings is 1. The second-order valence-electron chi connectivity index (χ2n) is 6.90. The molecule has 1 N–H and O–H groups in total. The van der Waals surface area contributed by atoms with E-state index in [1.807, 2.05) is 20.8 Å². The number of hydrogen-bond donors (Lipinski definition) is 1. The largest absolute Gasteiger partial charge is 0.287 e. The number of ketones is 1. The summed E-state index contributed by atoms with van der Waals surface area (Å²) in [5.74, 6) is -0.317. The molecule has 0 aliphatic carbocycles. The van der Waals surface area contributed by atoms with Gasteiger partial charge in [0.15, 0.2) is 0 Å². The van der Waals surface area contributed by atoms with Crippen LogP contribution >= 0.6 is 0 Å². The lowest BCUT2D eigenvalue weighted by molar-refractivity contribution is 0.103. The Labute approximate surface area is 165 Å². The molecule has 0 radical (unpaired) electrons. The van der Waals surface area contributed by atoms with E-state index in [1.165, 1.54) is 0 Å². The highest BCUT2D eigenvalue weighted by molar-refractivity contribution is 7.92. The van der Waals surface area contributed by atoms with Crippen LogP contribution in [0.5, 0.6) is 0 Å². The molecule has 0 amide bonds. The minimum atomic E-state index is -3.83. The van der Waals surface area contributed by atoms with E-state index in [2.05, 4.69) is 9.71 Å². The van der Waals surface area contributed by atoms with E-state index in [-0.39, 0.29) is 21.9 Å². The van der Waals surface area contributed by atoms with Crippen molar-refractivity contribution in [1.82, 2.24) is 4.98 Å². The molecule has 3 aromatic rings. The predicted octanol–water partition coefficient (Wildman–Crippen LogP) is 4.35. The maximum absolute atomic E-state index is 13.1. The van der Waals surface area contributed by atoms with E-state index >= 15 is 0 Å². The molecule has 1 aromatic heterocycles. The smallest absolute Gasteiger partial charge is 0.261 e. The van der Waals surface area contributed by atoms with Crippen molar-refractivity contribution in [3.63, 3.8) is 0 Å². The first-order chi connectivity index (χ1) is 13.2. The molecule has 1 heterocycles. The van der Waals surface area contributed by atoms with Gasteiger partial charge in [-0.2, -0.15) is 0 Å². The van der Waals surface area contributed by atoms with Gasteiger partial charge < -0.3 is 0 Å². The number of rotatable bonds is 5. The number of aryl methyl sites for hydroxylation is 4. The van der Waals surface area contributed by atoms with Gasteiger partial charge in [-0.1, -0.05) is 23.8 Å². The average Bonchev–Trinajstić information content (AvgIpc) is 2.64. The molecule has 0 aliphatic rings. The van der Waals surface area contributed by atoms with Crippen molar-refractivity contribution >= 4 is 21.5 Å². The fourth-order valence-electron chi connectivity index (χ4n) is 2.86. The standard InChI is InChI=1S/C22H22N2O3S/c1-14-7-9-18(10-8-14)28(26,27)24-20-13-17(4)16(3)12-19(20)22(25)21-15(2)6-5-11-23-21/h5-13,24H,1-4H3. The van der Waals surface area contributed by atoms with Crippen LogP contribution in [0.25, 0.3) is 0 Å². The number of aromatic nitrogens is 1. The molecule has 0 bridgehead atoms. The highest BCUT2D eigenvalue weighted by atomic mass is 32.2. The van der Waals surface area contributed by atoms with Crippen LogP contribution in [0.15, 0.2) is 59.6 Å². The number of carbonyl (C=O) groups excluding carboxylic acids is 1. The lowest BCUT2D eigenvalue weighted by atomic mass is 9.98. The van der Waals surface area contributed by atoms with Gasteiger partial charge in [0.1, 0.15) is 5.69 Å². The zero-order valence-electron chi connectivity index (χ0n) is 16.3. The zero-order valence-corrected chi connectivity index (χ0v) is 17.1. The molecule has 2 aromatic carbocycles. The number of hydrogen-bond acceptors (Lipinski definition) is 4. The van der Waals surface area contributed by atoms with E-state index in [0.717, 1.165) is 22.3 Å². The Bertz CT molecular complexity index is 1150. The Morgan fingerprint density at radius 1 is 0.893 bits per heavy atom. The predicted molar refractivity (Wildman–Crippen MR) is 110 cm³/mol. The fraction of sp³-hybridized carbons (Fsp3) is 0.182. The van der Waals surface area contributed by atoms with Crippen LogP contribution in [0.2, 0.25) is 0 Å². The maximum Gasteiger partial charge on any atom is 0.261 e. The average molecular weight is 394 g/mol. The molecule has 0 spiro atoms. The molecule has 3 rings (SSSR count). The van der Waals surface area contributed by atoms with Crippen LogP contribution in [0.1, 0.15) is 38.3 Å². The normalized spacial score (nSPS) is 11.3. The van der Waals surface area contributed by atoms with Crippen molar-refractivity contribution in [1.29, 1.82) is 0 Å². The Balaban J connectivity index is 2.08. The highest BCUT2D eigenvalue weighted by Gasteiger charge is 2.22. The van der Waals surface area contributed by atoms with Gasteiger partial charge in [-0.05, 0) is 74.7 Å². The zero-order chi connectivity index (χ0) is 20.5. The molecule has 0 atom stereocenters. The van der Waals surface area contributed by atoms with Gasteiger partial charge in [0, 0.05) is 11.8 Å². The van der Waals surface area contributed by atoms with Gasteiger partial charge in [0.25, 0.3) is 10.0 Å².